The quantitative estimate of drug-likeness (QED) is 0.682. The zero-order valence-corrected chi connectivity index (χ0v) is 6.37. The molecule has 3 N–H and O–H groups in total. The number of carbonyl (C=O) groups is 1. The Hall–Kier alpha value is -1.72. The molecule has 1 aromatic heterocycles. The minimum absolute atomic E-state index is 0.142. The van der Waals surface area contributed by atoms with Crippen LogP contribution in [0.15, 0.2) is 6.20 Å². The molecule has 0 unspecified atom stereocenters. The summed E-state index contributed by atoms with van der Waals surface area (Å²) >= 11 is 0. The van der Waals surface area contributed by atoms with Crippen LogP contribution in [0, 0.1) is 0 Å². The highest BCUT2D eigenvalue weighted by Gasteiger charge is 2.18. The molecule has 1 heterocycles. The van der Waals surface area contributed by atoms with Crippen LogP contribution in [0.3, 0.4) is 0 Å². The lowest BCUT2D eigenvalue weighted by atomic mass is 10.1. The topological polar surface area (TPSA) is 76.2 Å². The average molecular weight is 188 g/mol. The molecule has 13 heavy (non-hydrogen) atoms. The summed E-state index contributed by atoms with van der Waals surface area (Å²) in [6, 6.07) is 0. The second kappa shape index (κ2) is 3.34. The summed E-state index contributed by atoms with van der Waals surface area (Å²) in [5, 5.41) is 8.95. The predicted molar refractivity (Wildman–Crippen MR) is 40.7 cm³/mol. The number of halogens is 2. The third-order valence-corrected chi connectivity index (χ3v) is 1.49. The maximum atomic E-state index is 12.2. The normalized spacial score (nSPS) is 10.4. The standard InChI is InChI=1S/C7H6F2N2O2/c8-7(9)6-3(2-12)5(10)4(13)1-11-6/h1-2,7,13H,(H2,10,11). The van der Waals surface area contributed by atoms with E-state index in [4.69, 9.17) is 10.8 Å². The molecule has 6 heteroatoms. The van der Waals surface area contributed by atoms with E-state index in [-0.39, 0.29) is 12.0 Å². The molecule has 0 saturated carbocycles. The first kappa shape index (κ1) is 9.37. The van der Waals surface area contributed by atoms with Crippen LogP contribution in [-0.2, 0) is 0 Å². The smallest absolute Gasteiger partial charge is 0.281 e. The molecule has 70 valence electrons. The van der Waals surface area contributed by atoms with Gasteiger partial charge < -0.3 is 10.8 Å². The van der Waals surface area contributed by atoms with E-state index in [9.17, 15) is 13.6 Å². The largest absolute Gasteiger partial charge is 0.504 e. The summed E-state index contributed by atoms with van der Waals surface area (Å²) in [7, 11) is 0. The Balaban J connectivity index is 3.38. The number of alkyl halides is 2. The van der Waals surface area contributed by atoms with E-state index in [0.717, 1.165) is 6.20 Å². The lowest BCUT2D eigenvalue weighted by Crippen LogP contribution is -2.02. The van der Waals surface area contributed by atoms with Gasteiger partial charge in [-0.1, -0.05) is 0 Å². The van der Waals surface area contributed by atoms with E-state index >= 15 is 0 Å². The number of nitrogen functional groups attached to an aromatic ring is 1. The summed E-state index contributed by atoms with van der Waals surface area (Å²) in [4.78, 5) is 13.5. The van der Waals surface area contributed by atoms with Crippen molar-refractivity contribution in [3.05, 3.63) is 17.5 Å². The Labute approximate surface area is 72.0 Å². The van der Waals surface area contributed by atoms with Crippen molar-refractivity contribution in [1.82, 2.24) is 4.98 Å². The van der Waals surface area contributed by atoms with Crippen LogP contribution in [0.5, 0.6) is 5.75 Å². The SMILES string of the molecule is Nc1c(O)cnc(C(F)F)c1C=O. The number of anilines is 1. The highest BCUT2D eigenvalue weighted by Crippen LogP contribution is 2.28. The maximum absolute atomic E-state index is 12.2. The number of aromatic hydroxyl groups is 1. The van der Waals surface area contributed by atoms with Gasteiger partial charge in [0.2, 0.25) is 0 Å². The van der Waals surface area contributed by atoms with Gasteiger partial charge in [-0.3, -0.25) is 9.78 Å². The summed E-state index contributed by atoms with van der Waals surface area (Å²) in [5.41, 5.74) is 3.62. The van der Waals surface area contributed by atoms with Crippen molar-refractivity contribution in [3.63, 3.8) is 0 Å². The zero-order chi connectivity index (χ0) is 10.0. The summed E-state index contributed by atoms with van der Waals surface area (Å²) in [5.74, 6) is -0.480. The second-order valence-electron chi connectivity index (χ2n) is 2.27. The summed E-state index contributed by atoms with van der Waals surface area (Å²) in [6.07, 6.45) is -1.96. The highest BCUT2D eigenvalue weighted by molar-refractivity contribution is 5.86. The molecule has 0 aliphatic heterocycles. The van der Waals surface area contributed by atoms with Crippen molar-refractivity contribution in [3.8, 4) is 5.75 Å². The molecule has 4 nitrogen and oxygen atoms in total. The monoisotopic (exact) mass is 188 g/mol. The first-order valence-corrected chi connectivity index (χ1v) is 3.28. The van der Waals surface area contributed by atoms with Gasteiger partial charge in [0.15, 0.2) is 12.0 Å². The van der Waals surface area contributed by atoms with E-state index < -0.39 is 23.4 Å². The molecule has 1 rings (SSSR count). The van der Waals surface area contributed by atoms with E-state index in [2.05, 4.69) is 4.98 Å². The molecule has 0 aliphatic rings. The van der Waals surface area contributed by atoms with Crippen LogP contribution in [0.1, 0.15) is 22.5 Å². The predicted octanol–water partition coefficient (Wildman–Crippen LogP) is 1.12. The molecule has 0 radical (unpaired) electrons. The van der Waals surface area contributed by atoms with Gasteiger partial charge in [0.05, 0.1) is 17.4 Å². The van der Waals surface area contributed by atoms with Crippen molar-refractivity contribution < 1.29 is 18.7 Å². The van der Waals surface area contributed by atoms with E-state index in [1.807, 2.05) is 0 Å². The Bertz CT molecular complexity index is 342. The van der Waals surface area contributed by atoms with Crippen molar-refractivity contribution in [2.45, 2.75) is 6.43 Å². The lowest BCUT2D eigenvalue weighted by molar-refractivity contribution is 0.110. The lowest BCUT2D eigenvalue weighted by Gasteiger charge is -2.06. The maximum Gasteiger partial charge on any atom is 0.281 e. The minimum atomic E-state index is -2.89. The third kappa shape index (κ3) is 1.56. The number of rotatable bonds is 2. The van der Waals surface area contributed by atoms with Crippen molar-refractivity contribution in [2.24, 2.45) is 0 Å². The van der Waals surface area contributed by atoms with E-state index in [0.29, 0.717) is 0 Å². The fraction of sp³-hybridized carbons (Fsp3) is 0.143. The van der Waals surface area contributed by atoms with Gasteiger partial charge >= 0.3 is 0 Å². The van der Waals surface area contributed by atoms with Crippen molar-refractivity contribution in [2.75, 3.05) is 5.73 Å². The van der Waals surface area contributed by atoms with Crippen molar-refractivity contribution in [1.29, 1.82) is 0 Å². The Kier molecular flexibility index (Phi) is 2.41. The number of pyridine rings is 1. The van der Waals surface area contributed by atoms with Crippen LogP contribution in [0.25, 0.3) is 0 Å². The molecule has 0 fully saturated rings. The van der Waals surface area contributed by atoms with Gasteiger partial charge in [-0.2, -0.15) is 0 Å². The second-order valence-corrected chi connectivity index (χ2v) is 2.27. The fourth-order valence-corrected chi connectivity index (χ4v) is 0.843. The zero-order valence-electron chi connectivity index (χ0n) is 6.37. The van der Waals surface area contributed by atoms with Crippen molar-refractivity contribution >= 4 is 12.0 Å². The molecular formula is C7H6F2N2O2. The average Bonchev–Trinajstić information content (AvgIpc) is 2.09. The summed E-state index contributed by atoms with van der Waals surface area (Å²) < 4.78 is 24.3. The van der Waals surface area contributed by atoms with Crippen LogP contribution in [0.2, 0.25) is 0 Å². The van der Waals surface area contributed by atoms with Crippen LogP contribution >= 0.6 is 0 Å². The Morgan fingerprint density at radius 3 is 2.69 bits per heavy atom. The number of aromatic nitrogens is 1. The molecule has 0 spiro atoms. The first-order valence-electron chi connectivity index (χ1n) is 3.28. The van der Waals surface area contributed by atoms with E-state index in [1.54, 1.807) is 0 Å². The molecule has 0 bridgehead atoms. The van der Waals surface area contributed by atoms with Crippen LogP contribution < -0.4 is 5.73 Å². The van der Waals surface area contributed by atoms with E-state index in [1.165, 1.54) is 0 Å². The molecule has 0 aromatic carbocycles. The molecular weight excluding hydrogens is 182 g/mol. The molecule has 1 aromatic rings. The number of hydrogen-bond acceptors (Lipinski definition) is 4. The van der Waals surface area contributed by atoms with Gasteiger partial charge in [0.25, 0.3) is 6.43 Å². The fourth-order valence-electron chi connectivity index (χ4n) is 0.843. The van der Waals surface area contributed by atoms with Gasteiger partial charge in [0, 0.05) is 0 Å². The Morgan fingerprint density at radius 2 is 2.23 bits per heavy atom. The number of nitrogens with two attached hydrogens (primary N) is 1. The molecule has 0 amide bonds. The molecule has 0 saturated heterocycles. The Morgan fingerprint density at radius 1 is 1.62 bits per heavy atom. The first-order chi connectivity index (χ1) is 6.07. The number of hydrogen-bond donors (Lipinski definition) is 2. The van der Waals surface area contributed by atoms with Gasteiger partial charge in [-0.25, -0.2) is 8.78 Å². The van der Waals surface area contributed by atoms with Crippen LogP contribution in [-0.4, -0.2) is 16.4 Å². The summed E-state index contributed by atoms with van der Waals surface area (Å²) in [6.45, 7) is 0. The van der Waals surface area contributed by atoms with Gasteiger partial charge in [-0.15, -0.1) is 0 Å². The minimum Gasteiger partial charge on any atom is -0.504 e. The van der Waals surface area contributed by atoms with Crippen LogP contribution in [0.4, 0.5) is 14.5 Å². The number of aldehydes is 1. The third-order valence-electron chi connectivity index (χ3n) is 1.49. The van der Waals surface area contributed by atoms with Gasteiger partial charge in [-0.05, 0) is 0 Å². The number of nitrogens with zero attached hydrogens (tertiary/aromatic N) is 1. The number of carbonyl (C=O) groups excluding carboxylic acids is 1. The highest BCUT2D eigenvalue weighted by atomic mass is 19.3. The molecule has 0 aliphatic carbocycles. The van der Waals surface area contributed by atoms with Gasteiger partial charge in [0.1, 0.15) is 5.69 Å². The molecule has 0 atom stereocenters.